The van der Waals surface area contributed by atoms with Crippen molar-refractivity contribution in [3.63, 3.8) is 0 Å². The van der Waals surface area contributed by atoms with E-state index in [9.17, 15) is 19.2 Å². The molecule has 0 aliphatic rings. The van der Waals surface area contributed by atoms with Crippen molar-refractivity contribution in [2.45, 2.75) is 57.5 Å². The molecule has 0 aliphatic carbocycles. The van der Waals surface area contributed by atoms with E-state index in [0.29, 0.717) is 6.42 Å². The normalized spacial score (nSPS) is 11.3. The molecule has 160 valence electrons. The maximum atomic E-state index is 11.9. The monoisotopic (exact) mass is 408 g/mol. The lowest BCUT2D eigenvalue weighted by Gasteiger charge is -2.35. The minimum atomic E-state index is -2.69. The van der Waals surface area contributed by atoms with Gasteiger partial charge in [0.25, 0.3) is 0 Å². The van der Waals surface area contributed by atoms with Gasteiger partial charge in [0.2, 0.25) is 6.10 Å². The fourth-order valence-electron chi connectivity index (χ4n) is 2.23. The van der Waals surface area contributed by atoms with Gasteiger partial charge in [-0.25, -0.2) is 19.2 Å². The van der Waals surface area contributed by atoms with Gasteiger partial charge >= 0.3 is 29.9 Å². The molecule has 0 radical (unpaired) electrons. The zero-order valence-electron chi connectivity index (χ0n) is 16.7. The first-order valence-corrected chi connectivity index (χ1v) is 9.17. The lowest BCUT2D eigenvalue weighted by molar-refractivity contribution is -0.359. The number of esters is 4. The van der Waals surface area contributed by atoms with Crippen molar-refractivity contribution in [1.29, 1.82) is 0 Å². The highest BCUT2D eigenvalue weighted by Gasteiger charge is 2.53. The molecule has 0 bridgehead atoms. The van der Waals surface area contributed by atoms with Gasteiger partial charge in [-0.05, 0) is 12.8 Å². The number of ether oxygens (including phenoxy) is 4. The number of hydrogen-bond donors (Lipinski definition) is 0. The molecular weight excluding hydrogens is 380 g/mol. The Labute approximate surface area is 170 Å². The van der Waals surface area contributed by atoms with E-state index >= 15 is 0 Å². The van der Waals surface area contributed by atoms with E-state index in [-0.39, 0.29) is 6.42 Å². The van der Waals surface area contributed by atoms with Gasteiger partial charge in [-0.1, -0.05) is 58.9 Å². The molecule has 0 spiro atoms. The smallest absolute Gasteiger partial charge is 0.446 e. The third-order valence-electron chi connectivity index (χ3n) is 3.62. The van der Waals surface area contributed by atoms with Crippen LogP contribution in [0.15, 0.2) is 50.6 Å². The van der Waals surface area contributed by atoms with Crippen molar-refractivity contribution in [1.82, 2.24) is 0 Å². The SMILES string of the molecule is C=CC(=O)OC(CCCCCCC)C(OC(=O)C=C)(OC(=O)C=C)OC(=O)C=C. The van der Waals surface area contributed by atoms with Crippen LogP contribution >= 0.6 is 0 Å². The van der Waals surface area contributed by atoms with Gasteiger partial charge in [0.15, 0.2) is 0 Å². The van der Waals surface area contributed by atoms with Gasteiger partial charge < -0.3 is 18.9 Å². The molecule has 0 aromatic rings. The quantitative estimate of drug-likeness (QED) is 0.176. The Kier molecular flexibility index (Phi) is 12.4. The maximum Gasteiger partial charge on any atom is 0.463 e. The van der Waals surface area contributed by atoms with Crippen LogP contribution in [0.1, 0.15) is 45.4 Å². The molecule has 1 atom stereocenters. The lowest BCUT2D eigenvalue weighted by atomic mass is 10.1. The minimum absolute atomic E-state index is 0.0581. The molecule has 0 aromatic carbocycles. The van der Waals surface area contributed by atoms with Crippen LogP contribution in [0.25, 0.3) is 0 Å². The fourth-order valence-corrected chi connectivity index (χ4v) is 2.23. The Morgan fingerprint density at radius 2 is 1.14 bits per heavy atom. The summed E-state index contributed by atoms with van der Waals surface area (Å²) >= 11 is 0. The third kappa shape index (κ3) is 9.55. The molecular formula is C21H28O8. The summed E-state index contributed by atoms with van der Waals surface area (Å²) in [6.07, 6.45) is 5.96. The summed E-state index contributed by atoms with van der Waals surface area (Å²) in [7, 11) is 0. The fraction of sp³-hybridized carbons (Fsp3) is 0.429. The summed E-state index contributed by atoms with van der Waals surface area (Å²) in [5.74, 6) is -6.82. The zero-order chi connectivity index (χ0) is 22.3. The van der Waals surface area contributed by atoms with Gasteiger partial charge in [0.1, 0.15) is 0 Å². The van der Waals surface area contributed by atoms with Crippen molar-refractivity contribution in [2.24, 2.45) is 0 Å². The average molecular weight is 408 g/mol. The van der Waals surface area contributed by atoms with Crippen LogP contribution in [-0.2, 0) is 38.1 Å². The first-order valence-electron chi connectivity index (χ1n) is 9.17. The van der Waals surface area contributed by atoms with Gasteiger partial charge in [0.05, 0.1) is 0 Å². The van der Waals surface area contributed by atoms with E-state index in [1.165, 1.54) is 0 Å². The second-order valence-electron chi connectivity index (χ2n) is 5.81. The molecule has 0 amide bonds. The van der Waals surface area contributed by atoms with E-state index in [1.54, 1.807) is 0 Å². The Bertz CT molecular complexity index is 580. The summed E-state index contributed by atoms with van der Waals surface area (Å²) in [5, 5.41) is 0. The summed E-state index contributed by atoms with van der Waals surface area (Å²) < 4.78 is 20.4. The Hall–Kier alpha value is -3.16. The summed E-state index contributed by atoms with van der Waals surface area (Å²) in [5.41, 5.74) is 0. The first kappa shape index (κ1) is 25.8. The first-order chi connectivity index (χ1) is 13.8. The van der Waals surface area contributed by atoms with Crippen LogP contribution in [0.4, 0.5) is 0 Å². The van der Waals surface area contributed by atoms with Crippen LogP contribution in [0.2, 0.25) is 0 Å². The standard InChI is InChI=1S/C21H28O8/c1-6-11-12-13-14-15-16(26-17(22)7-2)21(27-18(23)8-3,28-19(24)9-4)29-20(25)10-5/h7-10,16H,2-6,11-15H2,1H3. The molecule has 0 saturated heterocycles. The van der Waals surface area contributed by atoms with E-state index in [4.69, 9.17) is 18.9 Å². The number of carbonyl (C=O) groups is 4. The van der Waals surface area contributed by atoms with Crippen LogP contribution in [0.5, 0.6) is 0 Å². The van der Waals surface area contributed by atoms with Gasteiger partial charge in [-0.15, -0.1) is 0 Å². The molecule has 8 heteroatoms. The topological polar surface area (TPSA) is 105 Å². The molecule has 1 unspecified atom stereocenters. The number of hydrogen-bond acceptors (Lipinski definition) is 8. The molecule has 0 N–H and O–H groups in total. The van der Waals surface area contributed by atoms with E-state index in [1.807, 2.05) is 0 Å². The molecule has 0 heterocycles. The molecule has 0 aromatic heterocycles. The number of unbranched alkanes of at least 4 members (excludes halogenated alkanes) is 4. The van der Waals surface area contributed by atoms with Crippen molar-refractivity contribution >= 4 is 23.9 Å². The van der Waals surface area contributed by atoms with Gasteiger partial charge in [0, 0.05) is 24.3 Å². The Balaban J connectivity index is 6.04. The molecule has 29 heavy (non-hydrogen) atoms. The highest BCUT2D eigenvalue weighted by molar-refractivity contribution is 5.85. The Morgan fingerprint density at radius 1 is 0.724 bits per heavy atom. The second kappa shape index (κ2) is 13.9. The minimum Gasteiger partial charge on any atom is -0.446 e. The predicted molar refractivity (Wildman–Crippen MR) is 105 cm³/mol. The average Bonchev–Trinajstić information content (AvgIpc) is 2.71. The van der Waals surface area contributed by atoms with Crippen LogP contribution in [-0.4, -0.2) is 36.0 Å². The number of carbonyl (C=O) groups excluding carboxylic acids is 4. The van der Waals surface area contributed by atoms with Crippen molar-refractivity contribution in [2.75, 3.05) is 0 Å². The zero-order valence-corrected chi connectivity index (χ0v) is 16.7. The molecule has 0 saturated carbocycles. The molecule has 0 fully saturated rings. The van der Waals surface area contributed by atoms with Crippen molar-refractivity contribution in [3.05, 3.63) is 50.6 Å². The molecule has 0 aliphatic heterocycles. The van der Waals surface area contributed by atoms with E-state index < -0.39 is 36.0 Å². The van der Waals surface area contributed by atoms with E-state index in [0.717, 1.165) is 50.0 Å². The summed E-state index contributed by atoms with van der Waals surface area (Å²) in [6.45, 7) is 15.1. The second-order valence-corrected chi connectivity index (χ2v) is 5.81. The van der Waals surface area contributed by atoms with Crippen LogP contribution < -0.4 is 0 Å². The Morgan fingerprint density at radius 3 is 1.52 bits per heavy atom. The third-order valence-corrected chi connectivity index (χ3v) is 3.62. The van der Waals surface area contributed by atoms with Crippen LogP contribution in [0, 0.1) is 0 Å². The summed E-state index contributed by atoms with van der Waals surface area (Å²) in [4.78, 5) is 47.6. The van der Waals surface area contributed by atoms with Crippen molar-refractivity contribution in [3.8, 4) is 0 Å². The van der Waals surface area contributed by atoms with E-state index in [2.05, 4.69) is 33.2 Å². The van der Waals surface area contributed by atoms with Crippen LogP contribution in [0.3, 0.4) is 0 Å². The molecule has 8 nitrogen and oxygen atoms in total. The van der Waals surface area contributed by atoms with Gasteiger partial charge in [-0.2, -0.15) is 0 Å². The highest BCUT2D eigenvalue weighted by Crippen LogP contribution is 2.29. The highest BCUT2D eigenvalue weighted by atomic mass is 16.9. The van der Waals surface area contributed by atoms with Crippen molar-refractivity contribution < 1.29 is 38.1 Å². The maximum absolute atomic E-state index is 11.9. The summed E-state index contributed by atoms with van der Waals surface area (Å²) in [6, 6.07) is 0. The lowest BCUT2D eigenvalue weighted by Crippen LogP contribution is -2.54. The molecule has 0 rings (SSSR count). The number of rotatable bonds is 15. The largest absolute Gasteiger partial charge is 0.463 e. The van der Waals surface area contributed by atoms with Gasteiger partial charge in [-0.3, -0.25) is 0 Å². The predicted octanol–water partition coefficient (Wildman–Crippen LogP) is 3.29.